The first kappa shape index (κ1) is 18.2. The van der Waals surface area contributed by atoms with Crippen molar-refractivity contribution in [3.8, 4) is 0 Å². The Labute approximate surface area is 129 Å². The third-order valence-corrected chi connectivity index (χ3v) is 6.62. The predicted molar refractivity (Wildman–Crippen MR) is 84.2 cm³/mol. The smallest absolute Gasteiger partial charge is 0.282 e. The largest absolute Gasteiger partial charge is 0.326 e. The lowest BCUT2D eigenvalue weighted by atomic mass is 10.00. The molecule has 2 saturated heterocycles. The molecule has 0 amide bonds. The van der Waals surface area contributed by atoms with Crippen LogP contribution in [-0.2, 0) is 10.2 Å². The van der Waals surface area contributed by atoms with E-state index in [0.29, 0.717) is 13.1 Å². The average Bonchev–Trinajstić information content (AvgIpc) is 2.39. The van der Waals surface area contributed by atoms with E-state index in [-0.39, 0.29) is 30.5 Å². The maximum Gasteiger partial charge on any atom is 0.282 e. The van der Waals surface area contributed by atoms with Gasteiger partial charge in [-0.05, 0) is 39.5 Å². The zero-order valence-corrected chi connectivity index (χ0v) is 14.1. The minimum absolute atomic E-state index is 0. The molecule has 2 aliphatic heterocycles. The molecule has 0 aromatic rings. The van der Waals surface area contributed by atoms with E-state index in [1.165, 1.54) is 0 Å². The average molecular weight is 326 g/mol. The van der Waals surface area contributed by atoms with Crippen LogP contribution in [0.25, 0.3) is 0 Å². The third-order valence-electron chi connectivity index (χ3n) is 4.44. The summed E-state index contributed by atoms with van der Waals surface area (Å²) in [5.41, 5.74) is 5.99. The number of rotatable bonds is 3. The lowest BCUT2D eigenvalue weighted by Gasteiger charge is -2.42. The normalized spacial score (nSPS) is 31.6. The van der Waals surface area contributed by atoms with E-state index in [1.807, 2.05) is 13.8 Å². The summed E-state index contributed by atoms with van der Waals surface area (Å²) in [6, 6.07) is -0.0162. The van der Waals surface area contributed by atoms with E-state index in [1.54, 1.807) is 8.61 Å². The van der Waals surface area contributed by atoms with Gasteiger partial charge in [0.25, 0.3) is 10.2 Å². The second-order valence-corrected chi connectivity index (χ2v) is 7.83. The van der Waals surface area contributed by atoms with E-state index in [9.17, 15) is 8.42 Å². The predicted octanol–water partition coefficient (Wildman–Crippen LogP) is 1.73. The first-order valence-electron chi connectivity index (χ1n) is 7.49. The Balaban J connectivity index is 0.00000200. The number of halogens is 1. The van der Waals surface area contributed by atoms with Gasteiger partial charge >= 0.3 is 0 Å². The number of piperidine rings is 2. The van der Waals surface area contributed by atoms with Crippen molar-refractivity contribution in [2.45, 2.75) is 70.5 Å². The summed E-state index contributed by atoms with van der Waals surface area (Å²) in [7, 11) is -3.34. The fourth-order valence-electron chi connectivity index (χ4n) is 3.29. The first-order chi connectivity index (χ1) is 8.94. The molecule has 20 heavy (non-hydrogen) atoms. The van der Waals surface area contributed by atoms with Crippen molar-refractivity contribution in [1.29, 1.82) is 0 Å². The lowest BCUT2D eigenvalue weighted by Crippen LogP contribution is -2.57. The van der Waals surface area contributed by atoms with Crippen molar-refractivity contribution in [1.82, 2.24) is 8.61 Å². The molecule has 0 bridgehead atoms. The van der Waals surface area contributed by atoms with Gasteiger partial charge in [0, 0.05) is 31.2 Å². The Kier molecular flexibility index (Phi) is 6.73. The number of hydrogen-bond acceptors (Lipinski definition) is 3. The molecule has 0 aromatic carbocycles. The van der Waals surface area contributed by atoms with E-state index < -0.39 is 10.2 Å². The van der Waals surface area contributed by atoms with Gasteiger partial charge in [-0.25, -0.2) is 0 Å². The summed E-state index contributed by atoms with van der Waals surface area (Å²) >= 11 is 0. The molecule has 3 atom stereocenters. The molecule has 120 valence electrons. The Bertz CT molecular complexity index is 402. The van der Waals surface area contributed by atoms with Crippen LogP contribution < -0.4 is 5.73 Å². The Morgan fingerprint density at radius 3 is 2.15 bits per heavy atom. The van der Waals surface area contributed by atoms with Gasteiger partial charge in [-0.1, -0.05) is 12.8 Å². The Morgan fingerprint density at radius 1 is 1.05 bits per heavy atom. The summed E-state index contributed by atoms with van der Waals surface area (Å²) in [5, 5.41) is 0. The molecule has 2 aliphatic rings. The zero-order chi connectivity index (χ0) is 14.0. The molecule has 5 nitrogen and oxygen atoms in total. The standard InChI is InChI=1S/C13H27N3O2S.ClH/c1-11-7-3-5-9-15(11)19(17,18)16-10-6-4-8-13(16)12(2)14;/h11-13H,3-10,14H2,1-2H3;1H. The van der Waals surface area contributed by atoms with Crippen LogP contribution in [0, 0.1) is 0 Å². The fraction of sp³-hybridized carbons (Fsp3) is 1.00. The highest BCUT2D eigenvalue weighted by atomic mass is 35.5. The molecule has 2 fully saturated rings. The molecular weight excluding hydrogens is 298 g/mol. The maximum absolute atomic E-state index is 12.9. The maximum atomic E-state index is 12.9. The van der Waals surface area contributed by atoms with Gasteiger partial charge in [-0.2, -0.15) is 17.0 Å². The lowest BCUT2D eigenvalue weighted by molar-refractivity contribution is 0.189. The molecule has 2 rings (SSSR count). The molecule has 7 heteroatoms. The van der Waals surface area contributed by atoms with Gasteiger partial charge in [-0.15, -0.1) is 12.4 Å². The highest BCUT2D eigenvalue weighted by Crippen LogP contribution is 2.28. The summed E-state index contributed by atoms with van der Waals surface area (Å²) in [5.74, 6) is 0. The van der Waals surface area contributed by atoms with Gasteiger partial charge in [0.15, 0.2) is 0 Å². The van der Waals surface area contributed by atoms with Gasteiger partial charge in [0.1, 0.15) is 0 Å². The highest BCUT2D eigenvalue weighted by molar-refractivity contribution is 7.86. The van der Waals surface area contributed by atoms with Crippen LogP contribution in [0.1, 0.15) is 52.4 Å². The number of hydrogen-bond donors (Lipinski definition) is 1. The monoisotopic (exact) mass is 325 g/mol. The summed E-state index contributed by atoms with van der Waals surface area (Å²) < 4.78 is 29.1. The van der Waals surface area contributed by atoms with Gasteiger partial charge < -0.3 is 5.73 Å². The van der Waals surface area contributed by atoms with Crippen LogP contribution in [0.3, 0.4) is 0 Å². The first-order valence-corrected chi connectivity index (χ1v) is 8.88. The van der Waals surface area contributed by atoms with Crippen LogP contribution in [0.5, 0.6) is 0 Å². The van der Waals surface area contributed by atoms with Crippen molar-refractivity contribution in [3.63, 3.8) is 0 Å². The van der Waals surface area contributed by atoms with Crippen molar-refractivity contribution in [2.24, 2.45) is 5.73 Å². The second kappa shape index (κ2) is 7.40. The van der Waals surface area contributed by atoms with E-state index in [0.717, 1.165) is 38.5 Å². The molecule has 2 heterocycles. The summed E-state index contributed by atoms with van der Waals surface area (Å²) in [6.45, 7) is 5.21. The Hall–Kier alpha value is 0.120. The minimum atomic E-state index is -3.34. The van der Waals surface area contributed by atoms with Crippen molar-refractivity contribution >= 4 is 22.6 Å². The molecule has 3 unspecified atom stereocenters. The van der Waals surface area contributed by atoms with Crippen molar-refractivity contribution in [3.05, 3.63) is 0 Å². The number of nitrogens with two attached hydrogens (primary N) is 1. The molecule has 0 aromatic heterocycles. The Morgan fingerprint density at radius 2 is 1.60 bits per heavy atom. The quantitative estimate of drug-likeness (QED) is 0.859. The van der Waals surface area contributed by atoms with Gasteiger partial charge in [0.05, 0.1) is 0 Å². The third kappa shape index (κ3) is 3.65. The van der Waals surface area contributed by atoms with Gasteiger partial charge in [-0.3, -0.25) is 0 Å². The fourth-order valence-corrected chi connectivity index (χ4v) is 5.48. The summed E-state index contributed by atoms with van der Waals surface area (Å²) in [6.07, 6.45) is 5.98. The van der Waals surface area contributed by atoms with Crippen LogP contribution in [0.4, 0.5) is 0 Å². The second-order valence-electron chi connectivity index (χ2n) is 6.00. The topological polar surface area (TPSA) is 66.6 Å². The number of nitrogens with zero attached hydrogens (tertiary/aromatic N) is 2. The highest BCUT2D eigenvalue weighted by Gasteiger charge is 2.40. The molecule has 0 radical (unpaired) electrons. The van der Waals surface area contributed by atoms with Crippen LogP contribution in [0.2, 0.25) is 0 Å². The van der Waals surface area contributed by atoms with Crippen LogP contribution in [0.15, 0.2) is 0 Å². The molecule has 0 saturated carbocycles. The molecule has 2 N–H and O–H groups in total. The molecular formula is C13H28ClN3O2S. The van der Waals surface area contributed by atoms with Crippen molar-refractivity contribution in [2.75, 3.05) is 13.1 Å². The van der Waals surface area contributed by atoms with E-state index in [4.69, 9.17) is 5.73 Å². The van der Waals surface area contributed by atoms with E-state index in [2.05, 4.69) is 0 Å². The van der Waals surface area contributed by atoms with Gasteiger partial charge in [0.2, 0.25) is 0 Å². The van der Waals surface area contributed by atoms with Crippen molar-refractivity contribution < 1.29 is 8.42 Å². The molecule has 0 aliphatic carbocycles. The minimum Gasteiger partial charge on any atom is -0.326 e. The summed E-state index contributed by atoms with van der Waals surface area (Å²) in [4.78, 5) is 0. The zero-order valence-electron chi connectivity index (χ0n) is 12.5. The van der Waals surface area contributed by atoms with Crippen LogP contribution >= 0.6 is 12.4 Å². The van der Waals surface area contributed by atoms with Crippen LogP contribution in [-0.4, -0.2) is 48.2 Å². The van der Waals surface area contributed by atoms with E-state index >= 15 is 0 Å². The molecule has 0 spiro atoms. The SMILES string of the molecule is CC(N)C1CCCCN1S(=O)(=O)N1CCCCC1C.Cl.